The number of aliphatic hydroxyl groups is 2. The highest BCUT2D eigenvalue weighted by Crippen LogP contribution is 2.54. The number of ketones is 5. The van der Waals surface area contributed by atoms with E-state index in [1.165, 1.54) is 6.07 Å². The second-order valence-electron chi connectivity index (χ2n) is 11.9. The number of nitrogens with two attached hydrogens (primary N) is 1. The van der Waals surface area contributed by atoms with Crippen LogP contribution in [0.3, 0.4) is 0 Å². The SMILES string of the molecule is C[C@H]1c2ccc(CC(=O)Cc3cccc4ccccc34)c(O)c2C(=O)C2C(=O)[C@]3(O)C(=O)C(C(N)=O)C(=O)C[C@@H]3[C@@H](O)[C@@H]21. The number of aliphatic hydroxyl groups excluding tert-OH is 1. The number of benzene rings is 3. The van der Waals surface area contributed by atoms with Gasteiger partial charge in [-0.2, -0.15) is 0 Å². The molecule has 2 unspecified atom stereocenters. The molecule has 3 aromatic carbocycles. The third-order valence-corrected chi connectivity index (χ3v) is 9.60. The maximum absolute atomic E-state index is 13.9. The molecule has 2 saturated carbocycles. The van der Waals surface area contributed by atoms with Gasteiger partial charge in [0, 0.05) is 36.7 Å². The van der Waals surface area contributed by atoms with Crippen LogP contribution in [0.25, 0.3) is 10.8 Å². The van der Waals surface area contributed by atoms with E-state index in [4.69, 9.17) is 5.73 Å². The van der Waals surface area contributed by atoms with Crippen LogP contribution in [-0.4, -0.2) is 61.8 Å². The van der Waals surface area contributed by atoms with Crippen LogP contribution < -0.4 is 5.73 Å². The van der Waals surface area contributed by atoms with Gasteiger partial charge in [0.2, 0.25) is 5.91 Å². The molecule has 0 spiro atoms. The molecular weight excluding hydrogens is 554 g/mol. The number of hydrogen-bond acceptors (Lipinski definition) is 9. The van der Waals surface area contributed by atoms with Crippen molar-refractivity contribution in [1.82, 2.24) is 0 Å². The van der Waals surface area contributed by atoms with E-state index in [0.717, 1.165) is 16.3 Å². The number of carbonyl (C=O) groups excluding carboxylic acids is 6. The maximum Gasteiger partial charge on any atom is 0.235 e. The molecule has 0 aliphatic heterocycles. The van der Waals surface area contributed by atoms with Crippen LogP contribution in [0, 0.1) is 23.7 Å². The van der Waals surface area contributed by atoms with Crippen molar-refractivity contribution in [3.8, 4) is 5.75 Å². The quantitative estimate of drug-likeness (QED) is 0.322. The number of primary amides is 1. The summed E-state index contributed by atoms with van der Waals surface area (Å²) in [4.78, 5) is 78.4. The third-order valence-electron chi connectivity index (χ3n) is 9.60. The van der Waals surface area contributed by atoms with Gasteiger partial charge in [-0.05, 0) is 27.8 Å². The van der Waals surface area contributed by atoms with Crippen molar-refractivity contribution in [2.24, 2.45) is 29.4 Å². The predicted molar refractivity (Wildman–Crippen MR) is 151 cm³/mol. The molecule has 0 aromatic heterocycles. The van der Waals surface area contributed by atoms with Crippen molar-refractivity contribution in [3.63, 3.8) is 0 Å². The fourth-order valence-electron chi connectivity index (χ4n) is 7.47. The highest BCUT2D eigenvalue weighted by molar-refractivity contribution is 6.31. The Morgan fingerprint density at radius 2 is 1.60 bits per heavy atom. The second-order valence-corrected chi connectivity index (χ2v) is 11.9. The normalized spacial score (nSPS) is 30.0. The van der Waals surface area contributed by atoms with Crippen molar-refractivity contribution < 1.29 is 44.1 Å². The first-order valence-electron chi connectivity index (χ1n) is 14.1. The summed E-state index contributed by atoms with van der Waals surface area (Å²) in [6.07, 6.45) is -2.41. The van der Waals surface area contributed by atoms with Crippen molar-refractivity contribution in [3.05, 3.63) is 76.9 Å². The van der Waals surface area contributed by atoms with E-state index in [2.05, 4.69) is 0 Å². The van der Waals surface area contributed by atoms with E-state index in [0.29, 0.717) is 5.56 Å². The Kier molecular flexibility index (Phi) is 6.67. The molecule has 1 amide bonds. The van der Waals surface area contributed by atoms with Crippen LogP contribution in [0.15, 0.2) is 54.6 Å². The molecular formula is C33H29NO9. The largest absolute Gasteiger partial charge is 0.507 e. The summed E-state index contributed by atoms with van der Waals surface area (Å²) in [6.45, 7) is 1.63. The molecule has 10 nitrogen and oxygen atoms in total. The summed E-state index contributed by atoms with van der Waals surface area (Å²) in [5.74, 6) is -13.8. The van der Waals surface area contributed by atoms with Gasteiger partial charge in [-0.25, -0.2) is 0 Å². The number of phenolic OH excluding ortho intramolecular Hbond substituents is 1. The predicted octanol–water partition coefficient (Wildman–Crippen LogP) is 1.37. The molecule has 0 radical (unpaired) electrons. The Morgan fingerprint density at radius 1 is 0.930 bits per heavy atom. The van der Waals surface area contributed by atoms with Crippen LogP contribution in [-0.2, 0) is 36.8 Å². The highest BCUT2D eigenvalue weighted by Gasteiger charge is 2.69. The summed E-state index contributed by atoms with van der Waals surface area (Å²) in [7, 11) is 0. The Labute approximate surface area is 245 Å². The fraction of sp³-hybridized carbons (Fsp3) is 0.333. The molecule has 3 aliphatic rings. The minimum Gasteiger partial charge on any atom is -0.507 e. The van der Waals surface area contributed by atoms with Crippen molar-refractivity contribution in [2.45, 2.75) is 43.8 Å². The number of phenols is 1. The molecule has 6 rings (SSSR count). The van der Waals surface area contributed by atoms with Gasteiger partial charge in [0.15, 0.2) is 34.7 Å². The van der Waals surface area contributed by atoms with Crippen molar-refractivity contribution in [1.29, 1.82) is 0 Å². The van der Waals surface area contributed by atoms with Crippen LogP contribution in [0.1, 0.15) is 46.3 Å². The standard InChI is InChI=1S/C33H29NO9/c1-14-19-10-9-17(12-18(35)11-16-7-4-6-15-5-2-3-8-20(15)16)27(37)24(19)29(39)26-23(14)28(38)21-13-22(36)25(32(34)42)30(40)33(21,43)31(26)41/h2-10,14,21,23,25-26,28,37-38,43H,11-13H2,1H3,(H2,34,42)/t14-,21+,23+,25?,26?,28+,33+/m0/s1. The fourth-order valence-corrected chi connectivity index (χ4v) is 7.47. The number of amides is 1. The second kappa shape index (κ2) is 10.0. The van der Waals surface area contributed by atoms with Crippen LogP contribution >= 0.6 is 0 Å². The lowest BCUT2D eigenvalue weighted by Crippen LogP contribution is -2.72. The Morgan fingerprint density at radius 3 is 2.33 bits per heavy atom. The zero-order valence-corrected chi connectivity index (χ0v) is 23.2. The van der Waals surface area contributed by atoms with E-state index in [-0.39, 0.29) is 29.8 Å². The zero-order chi connectivity index (χ0) is 31.0. The Bertz CT molecular complexity index is 1770. The lowest BCUT2D eigenvalue weighted by molar-refractivity contribution is -0.189. The van der Waals surface area contributed by atoms with Crippen molar-refractivity contribution in [2.75, 3.05) is 0 Å². The van der Waals surface area contributed by atoms with Gasteiger partial charge in [0.25, 0.3) is 0 Å². The number of carbonyl (C=O) groups is 6. The molecule has 2 fully saturated rings. The summed E-state index contributed by atoms with van der Waals surface area (Å²) in [5.41, 5.74) is 3.30. The summed E-state index contributed by atoms with van der Waals surface area (Å²) in [6, 6.07) is 16.4. The summed E-state index contributed by atoms with van der Waals surface area (Å²) in [5, 5.41) is 35.9. The van der Waals surface area contributed by atoms with Gasteiger partial charge in [0.05, 0.1) is 17.6 Å². The van der Waals surface area contributed by atoms with E-state index in [9.17, 15) is 44.1 Å². The number of fused-ring (bicyclic) bond motifs is 4. The number of aromatic hydroxyl groups is 1. The van der Waals surface area contributed by atoms with Crippen LogP contribution in [0.5, 0.6) is 5.75 Å². The number of rotatable bonds is 5. The molecule has 5 N–H and O–H groups in total. The summed E-state index contributed by atoms with van der Waals surface area (Å²) >= 11 is 0. The molecule has 0 heterocycles. The van der Waals surface area contributed by atoms with Gasteiger partial charge in [-0.15, -0.1) is 0 Å². The maximum atomic E-state index is 13.9. The first-order chi connectivity index (χ1) is 20.4. The van der Waals surface area contributed by atoms with E-state index < -0.39 is 82.5 Å². The van der Waals surface area contributed by atoms with E-state index in [1.54, 1.807) is 13.0 Å². The first-order valence-corrected chi connectivity index (χ1v) is 14.1. The molecule has 0 bridgehead atoms. The minimum absolute atomic E-state index is 0.0773. The van der Waals surface area contributed by atoms with Crippen molar-refractivity contribution >= 4 is 45.6 Å². The Hall–Kier alpha value is -4.54. The van der Waals surface area contributed by atoms with Gasteiger partial charge >= 0.3 is 0 Å². The number of Topliss-reactive ketones (excluding diaryl/α,β-unsaturated/α-hetero) is 5. The molecule has 10 heteroatoms. The first kappa shape index (κ1) is 28.6. The molecule has 0 saturated heterocycles. The average Bonchev–Trinajstić information content (AvgIpc) is 2.96. The average molecular weight is 584 g/mol. The van der Waals surface area contributed by atoms with Gasteiger partial charge in [0.1, 0.15) is 11.5 Å². The smallest absolute Gasteiger partial charge is 0.235 e. The minimum atomic E-state index is -2.98. The molecule has 220 valence electrons. The summed E-state index contributed by atoms with van der Waals surface area (Å²) < 4.78 is 0. The topological polar surface area (TPSA) is 189 Å². The molecule has 3 aromatic rings. The monoisotopic (exact) mass is 583 g/mol. The van der Waals surface area contributed by atoms with Gasteiger partial charge in [-0.1, -0.05) is 61.5 Å². The molecule has 43 heavy (non-hydrogen) atoms. The van der Waals surface area contributed by atoms with E-state index >= 15 is 0 Å². The van der Waals surface area contributed by atoms with E-state index in [1.807, 2.05) is 42.5 Å². The Balaban J connectivity index is 1.34. The lowest BCUT2D eigenvalue weighted by atomic mass is 9.50. The third kappa shape index (κ3) is 4.08. The lowest BCUT2D eigenvalue weighted by Gasteiger charge is -2.52. The number of hydrogen-bond donors (Lipinski definition) is 4. The van der Waals surface area contributed by atoms with Gasteiger partial charge < -0.3 is 21.1 Å². The molecule has 3 aliphatic carbocycles. The van der Waals surface area contributed by atoms with Crippen LogP contribution in [0.2, 0.25) is 0 Å². The zero-order valence-electron chi connectivity index (χ0n) is 23.2. The van der Waals surface area contributed by atoms with Crippen LogP contribution in [0.4, 0.5) is 0 Å². The highest BCUT2D eigenvalue weighted by atomic mass is 16.3. The van der Waals surface area contributed by atoms with Gasteiger partial charge in [-0.3, -0.25) is 28.8 Å². The molecule has 7 atom stereocenters.